The van der Waals surface area contributed by atoms with Crippen LogP contribution in [0.25, 0.3) is 0 Å². The van der Waals surface area contributed by atoms with Crippen LogP contribution in [0.3, 0.4) is 0 Å². The first-order valence-electron chi connectivity index (χ1n) is 6.29. The summed E-state index contributed by atoms with van der Waals surface area (Å²) in [7, 11) is -2.85. The van der Waals surface area contributed by atoms with Crippen LogP contribution >= 0.6 is 15.9 Å². The SMILES string of the molecule is CN(CCCCCBr)c1ccccc1S(=O)(=O)C(F)F. The molecule has 0 fully saturated rings. The highest BCUT2D eigenvalue weighted by molar-refractivity contribution is 9.09. The first-order chi connectivity index (χ1) is 9.41. The topological polar surface area (TPSA) is 37.4 Å². The van der Waals surface area contributed by atoms with Gasteiger partial charge in [0.05, 0.1) is 10.6 Å². The predicted octanol–water partition coefficient (Wildman–Crippen LogP) is 3.68. The lowest BCUT2D eigenvalue weighted by molar-refractivity contribution is 0.235. The van der Waals surface area contributed by atoms with Gasteiger partial charge in [-0.25, -0.2) is 8.42 Å². The van der Waals surface area contributed by atoms with Crippen molar-refractivity contribution < 1.29 is 17.2 Å². The normalized spacial score (nSPS) is 11.8. The highest BCUT2D eigenvalue weighted by Crippen LogP contribution is 2.28. The molecule has 0 saturated carbocycles. The standard InChI is InChI=1S/C13H18BrF2NO2S/c1-17(10-6-2-5-9-14)11-7-3-4-8-12(11)20(18,19)13(15)16/h3-4,7-8,13H,2,5-6,9-10H2,1H3. The number of nitrogens with zero attached hydrogens (tertiary/aromatic N) is 1. The van der Waals surface area contributed by atoms with E-state index in [2.05, 4.69) is 15.9 Å². The van der Waals surface area contributed by atoms with Crippen molar-refractivity contribution in [3.05, 3.63) is 24.3 Å². The van der Waals surface area contributed by atoms with Crippen LogP contribution in [-0.4, -0.2) is 33.1 Å². The molecule has 0 aliphatic carbocycles. The molecule has 0 radical (unpaired) electrons. The number of halogens is 3. The monoisotopic (exact) mass is 369 g/mol. The maximum atomic E-state index is 12.7. The van der Waals surface area contributed by atoms with E-state index in [0.29, 0.717) is 12.2 Å². The number of rotatable bonds is 8. The first-order valence-corrected chi connectivity index (χ1v) is 8.96. The number of alkyl halides is 3. The quantitative estimate of drug-likeness (QED) is 0.518. The lowest BCUT2D eigenvalue weighted by Gasteiger charge is -2.22. The fourth-order valence-corrected chi connectivity index (χ4v) is 3.22. The van der Waals surface area contributed by atoms with Crippen LogP contribution in [0.2, 0.25) is 0 Å². The van der Waals surface area contributed by atoms with Crippen molar-refractivity contribution in [2.24, 2.45) is 0 Å². The van der Waals surface area contributed by atoms with Gasteiger partial charge in [0.15, 0.2) is 0 Å². The third kappa shape index (κ3) is 4.41. The lowest BCUT2D eigenvalue weighted by Crippen LogP contribution is -2.22. The number of para-hydroxylation sites is 1. The summed E-state index contributed by atoms with van der Waals surface area (Å²) in [5.74, 6) is -3.40. The van der Waals surface area contributed by atoms with Gasteiger partial charge in [-0.05, 0) is 25.0 Å². The van der Waals surface area contributed by atoms with Crippen LogP contribution < -0.4 is 4.90 Å². The Morgan fingerprint density at radius 2 is 1.85 bits per heavy atom. The van der Waals surface area contributed by atoms with Crippen LogP contribution in [-0.2, 0) is 9.84 Å². The zero-order valence-electron chi connectivity index (χ0n) is 11.2. The second-order valence-electron chi connectivity index (χ2n) is 4.44. The average Bonchev–Trinajstić information content (AvgIpc) is 2.43. The Morgan fingerprint density at radius 3 is 2.45 bits per heavy atom. The van der Waals surface area contributed by atoms with E-state index in [4.69, 9.17) is 0 Å². The van der Waals surface area contributed by atoms with E-state index in [1.807, 2.05) is 0 Å². The molecule has 114 valence electrons. The molecule has 0 bridgehead atoms. The van der Waals surface area contributed by atoms with Crippen LogP contribution in [0, 0.1) is 0 Å². The predicted molar refractivity (Wildman–Crippen MR) is 80.5 cm³/mol. The van der Waals surface area contributed by atoms with Crippen molar-refractivity contribution in [1.82, 2.24) is 0 Å². The van der Waals surface area contributed by atoms with Crippen LogP contribution in [0.1, 0.15) is 19.3 Å². The van der Waals surface area contributed by atoms with E-state index in [9.17, 15) is 17.2 Å². The molecule has 0 aromatic heterocycles. The first kappa shape index (κ1) is 17.4. The van der Waals surface area contributed by atoms with Gasteiger partial charge in [0, 0.05) is 18.9 Å². The summed E-state index contributed by atoms with van der Waals surface area (Å²) in [6, 6.07) is 5.89. The number of hydrogen-bond donors (Lipinski definition) is 0. The molecule has 20 heavy (non-hydrogen) atoms. The Balaban J connectivity index is 2.91. The Bertz CT molecular complexity index is 523. The summed E-state index contributed by atoms with van der Waals surface area (Å²) >= 11 is 3.34. The molecule has 7 heteroatoms. The fourth-order valence-electron chi connectivity index (χ4n) is 1.85. The highest BCUT2D eigenvalue weighted by Gasteiger charge is 2.29. The zero-order valence-corrected chi connectivity index (χ0v) is 13.6. The molecule has 0 atom stereocenters. The minimum atomic E-state index is -4.57. The maximum absolute atomic E-state index is 12.7. The van der Waals surface area contributed by atoms with Crippen molar-refractivity contribution in [3.63, 3.8) is 0 Å². The van der Waals surface area contributed by atoms with E-state index < -0.39 is 15.6 Å². The number of unbranched alkanes of at least 4 members (excludes halogenated alkanes) is 2. The Kier molecular flexibility index (Phi) is 6.88. The highest BCUT2D eigenvalue weighted by atomic mass is 79.9. The molecule has 0 heterocycles. The minimum Gasteiger partial charge on any atom is -0.374 e. The summed E-state index contributed by atoms with van der Waals surface area (Å²) in [6.45, 7) is 0.628. The summed E-state index contributed by atoms with van der Waals surface area (Å²) in [5.41, 5.74) is 0.326. The fraction of sp³-hybridized carbons (Fsp3) is 0.538. The van der Waals surface area contributed by atoms with Gasteiger partial charge in [-0.15, -0.1) is 0 Å². The summed E-state index contributed by atoms with van der Waals surface area (Å²) in [6.07, 6.45) is 2.91. The summed E-state index contributed by atoms with van der Waals surface area (Å²) in [5, 5.41) is 0.924. The van der Waals surface area contributed by atoms with Crippen LogP contribution in [0.4, 0.5) is 14.5 Å². The molecule has 0 unspecified atom stereocenters. The second kappa shape index (κ2) is 7.93. The van der Waals surface area contributed by atoms with E-state index in [1.165, 1.54) is 12.1 Å². The molecule has 1 aromatic carbocycles. The molecular weight excluding hydrogens is 352 g/mol. The van der Waals surface area contributed by atoms with E-state index in [-0.39, 0.29) is 4.90 Å². The van der Waals surface area contributed by atoms with Gasteiger partial charge in [0.25, 0.3) is 0 Å². The van der Waals surface area contributed by atoms with Gasteiger partial charge < -0.3 is 4.90 Å². The Morgan fingerprint density at radius 1 is 1.20 bits per heavy atom. The Hall–Kier alpha value is -0.690. The maximum Gasteiger partial charge on any atom is 0.341 e. The van der Waals surface area contributed by atoms with E-state index in [1.54, 1.807) is 24.1 Å². The number of hydrogen-bond acceptors (Lipinski definition) is 3. The third-order valence-electron chi connectivity index (χ3n) is 2.94. The van der Waals surface area contributed by atoms with Crippen molar-refractivity contribution in [2.75, 3.05) is 23.8 Å². The van der Waals surface area contributed by atoms with Crippen molar-refractivity contribution in [3.8, 4) is 0 Å². The minimum absolute atomic E-state index is 0.307. The van der Waals surface area contributed by atoms with Crippen molar-refractivity contribution in [2.45, 2.75) is 29.9 Å². The Labute approximate surface area is 127 Å². The molecule has 0 amide bonds. The van der Waals surface area contributed by atoms with Crippen LogP contribution in [0.5, 0.6) is 0 Å². The number of anilines is 1. The number of sulfone groups is 1. The summed E-state index contributed by atoms with van der Waals surface area (Å²) < 4.78 is 48.7. The number of benzene rings is 1. The van der Waals surface area contributed by atoms with Gasteiger partial charge in [0.1, 0.15) is 0 Å². The van der Waals surface area contributed by atoms with Crippen LogP contribution in [0.15, 0.2) is 29.2 Å². The smallest absolute Gasteiger partial charge is 0.341 e. The molecule has 0 N–H and O–H groups in total. The van der Waals surface area contributed by atoms with E-state index >= 15 is 0 Å². The summed E-state index contributed by atoms with van der Waals surface area (Å²) in [4.78, 5) is 1.40. The van der Waals surface area contributed by atoms with Gasteiger partial charge in [-0.1, -0.05) is 34.5 Å². The average molecular weight is 370 g/mol. The van der Waals surface area contributed by atoms with Gasteiger partial charge in [0.2, 0.25) is 9.84 Å². The van der Waals surface area contributed by atoms with Gasteiger partial charge in [-0.2, -0.15) is 8.78 Å². The second-order valence-corrected chi connectivity index (χ2v) is 7.12. The van der Waals surface area contributed by atoms with Crippen molar-refractivity contribution >= 4 is 31.5 Å². The van der Waals surface area contributed by atoms with Gasteiger partial charge in [-0.3, -0.25) is 0 Å². The third-order valence-corrected chi connectivity index (χ3v) is 4.93. The zero-order chi connectivity index (χ0) is 15.2. The lowest BCUT2D eigenvalue weighted by atomic mass is 10.2. The molecule has 1 aromatic rings. The molecule has 0 aliphatic heterocycles. The molecule has 0 spiro atoms. The molecular formula is C13H18BrF2NO2S. The molecule has 3 nitrogen and oxygen atoms in total. The molecule has 0 saturated heterocycles. The van der Waals surface area contributed by atoms with Crippen molar-refractivity contribution in [1.29, 1.82) is 0 Å². The largest absolute Gasteiger partial charge is 0.374 e. The molecule has 0 aliphatic rings. The van der Waals surface area contributed by atoms with Gasteiger partial charge >= 0.3 is 5.76 Å². The van der Waals surface area contributed by atoms with E-state index in [0.717, 1.165) is 24.6 Å². The molecule has 1 rings (SSSR count).